The summed E-state index contributed by atoms with van der Waals surface area (Å²) < 4.78 is 42.8. The number of rotatable bonds is 6. The Morgan fingerprint density at radius 2 is 1.55 bits per heavy atom. The summed E-state index contributed by atoms with van der Waals surface area (Å²) in [7, 11) is 6.20. The van der Waals surface area contributed by atoms with Crippen LogP contribution in [0, 0.1) is 12.7 Å². The third-order valence-corrected chi connectivity index (χ3v) is 5.95. The van der Waals surface area contributed by atoms with Gasteiger partial charge < -0.3 is 28.8 Å². The molecule has 0 saturated heterocycles. The van der Waals surface area contributed by atoms with Crippen LogP contribution >= 0.6 is 0 Å². The van der Waals surface area contributed by atoms with E-state index in [1.54, 1.807) is 59.6 Å². The maximum absolute atomic E-state index is 14.5. The second-order valence-corrected chi connectivity index (χ2v) is 7.85. The van der Waals surface area contributed by atoms with Gasteiger partial charge in [-0.1, -0.05) is 18.2 Å². The summed E-state index contributed by atoms with van der Waals surface area (Å²) >= 11 is 0. The van der Waals surface area contributed by atoms with E-state index >= 15 is 0 Å². The molecule has 2 atom stereocenters. The largest absolute Gasteiger partial charge is 0.496 e. The van der Waals surface area contributed by atoms with E-state index in [1.165, 1.54) is 6.07 Å². The van der Waals surface area contributed by atoms with Crippen molar-refractivity contribution in [1.29, 1.82) is 0 Å². The Morgan fingerprint density at radius 1 is 0.848 bits per heavy atom. The smallest absolute Gasteiger partial charge is 0.161 e. The Hall–Kier alpha value is -3.45. The van der Waals surface area contributed by atoms with E-state index in [2.05, 4.69) is 0 Å². The number of hydrogen-bond donors (Lipinski definition) is 1. The lowest BCUT2D eigenvalue weighted by molar-refractivity contribution is 0.0201. The van der Waals surface area contributed by atoms with Crippen LogP contribution in [0.15, 0.2) is 42.5 Å². The SMILES string of the molecule is COc1ccc([C@H]2Oc3c(c(OC)cc(OC)c3-c3ccc(C)c(F)c3)C[C@H]2O)cc1OC. The summed E-state index contributed by atoms with van der Waals surface area (Å²) in [4.78, 5) is 0. The van der Waals surface area contributed by atoms with Crippen molar-refractivity contribution in [3.8, 4) is 39.9 Å². The molecular weight excluding hydrogens is 427 g/mol. The van der Waals surface area contributed by atoms with E-state index in [1.807, 2.05) is 12.1 Å². The summed E-state index contributed by atoms with van der Waals surface area (Å²) in [6.07, 6.45) is -1.26. The normalized spacial score (nSPS) is 17.1. The van der Waals surface area contributed by atoms with Crippen LogP contribution in [0.1, 0.15) is 22.8 Å². The predicted octanol–water partition coefficient (Wildman–Crippen LogP) is 4.87. The zero-order valence-corrected chi connectivity index (χ0v) is 19.3. The molecule has 1 heterocycles. The second-order valence-electron chi connectivity index (χ2n) is 7.85. The molecule has 0 radical (unpaired) electrons. The van der Waals surface area contributed by atoms with Crippen molar-refractivity contribution < 1.29 is 33.2 Å². The fourth-order valence-corrected chi connectivity index (χ4v) is 4.18. The number of aliphatic hydroxyl groups is 1. The zero-order valence-electron chi connectivity index (χ0n) is 19.3. The van der Waals surface area contributed by atoms with Crippen LogP contribution in [0.5, 0.6) is 28.7 Å². The van der Waals surface area contributed by atoms with Crippen molar-refractivity contribution in [2.24, 2.45) is 0 Å². The highest BCUT2D eigenvalue weighted by Gasteiger charge is 2.35. The van der Waals surface area contributed by atoms with Crippen LogP contribution in [0.2, 0.25) is 0 Å². The maximum Gasteiger partial charge on any atom is 0.161 e. The van der Waals surface area contributed by atoms with Crippen molar-refractivity contribution in [1.82, 2.24) is 0 Å². The van der Waals surface area contributed by atoms with Gasteiger partial charge in [-0.25, -0.2) is 4.39 Å². The molecule has 0 saturated carbocycles. The molecular formula is C26H27FO6. The van der Waals surface area contributed by atoms with Gasteiger partial charge in [0.25, 0.3) is 0 Å². The number of fused-ring (bicyclic) bond motifs is 1. The van der Waals surface area contributed by atoms with Crippen LogP contribution in [0.3, 0.4) is 0 Å². The number of hydrogen-bond acceptors (Lipinski definition) is 6. The maximum atomic E-state index is 14.5. The molecule has 174 valence electrons. The number of ether oxygens (including phenoxy) is 5. The molecule has 0 spiro atoms. The average Bonchev–Trinajstić information content (AvgIpc) is 2.84. The molecule has 0 amide bonds. The number of benzene rings is 3. The number of aryl methyl sites for hydroxylation is 1. The van der Waals surface area contributed by atoms with Crippen LogP contribution in [-0.4, -0.2) is 39.6 Å². The number of methoxy groups -OCH3 is 4. The van der Waals surface area contributed by atoms with E-state index < -0.39 is 12.2 Å². The first kappa shape index (κ1) is 22.7. The zero-order chi connectivity index (χ0) is 23.7. The molecule has 1 aliphatic rings. The summed E-state index contributed by atoms with van der Waals surface area (Å²) in [5.74, 6) is 2.27. The molecule has 7 heteroatoms. The highest BCUT2D eigenvalue weighted by Crippen LogP contribution is 2.50. The van der Waals surface area contributed by atoms with Gasteiger partial charge in [0.05, 0.1) is 40.1 Å². The van der Waals surface area contributed by atoms with Crippen LogP contribution in [-0.2, 0) is 6.42 Å². The Balaban J connectivity index is 1.89. The first-order valence-corrected chi connectivity index (χ1v) is 10.5. The third kappa shape index (κ3) is 4.04. The molecule has 4 rings (SSSR count). The molecule has 1 N–H and O–H groups in total. The lowest BCUT2D eigenvalue weighted by atomic mass is 9.90. The first-order valence-electron chi connectivity index (χ1n) is 10.5. The van der Waals surface area contributed by atoms with Crippen molar-refractivity contribution >= 4 is 0 Å². The predicted molar refractivity (Wildman–Crippen MR) is 122 cm³/mol. The van der Waals surface area contributed by atoms with Gasteiger partial charge in [0.2, 0.25) is 0 Å². The van der Waals surface area contributed by atoms with E-state index in [4.69, 9.17) is 23.7 Å². The van der Waals surface area contributed by atoms with Gasteiger partial charge in [-0.3, -0.25) is 0 Å². The molecule has 6 nitrogen and oxygen atoms in total. The fraction of sp³-hybridized carbons (Fsp3) is 0.308. The van der Waals surface area contributed by atoms with Crippen LogP contribution < -0.4 is 23.7 Å². The standard InChI is InChI=1S/C26H27FO6/c1-14-6-7-15(10-18(14)27)24-23(32-5)13-21(30-3)17-12-19(28)25(33-26(17)24)16-8-9-20(29-2)22(11-16)31-4/h6-11,13,19,25,28H,12H2,1-5H3/t19-,25-/m1/s1. The molecule has 0 bridgehead atoms. The Kier molecular flexibility index (Phi) is 6.33. The molecule has 3 aromatic carbocycles. The summed E-state index contributed by atoms with van der Waals surface area (Å²) in [5, 5.41) is 11.0. The molecule has 0 aromatic heterocycles. The van der Waals surface area contributed by atoms with E-state index in [0.29, 0.717) is 56.6 Å². The number of halogens is 1. The van der Waals surface area contributed by atoms with Crippen LogP contribution in [0.4, 0.5) is 4.39 Å². The Labute approximate surface area is 192 Å². The molecule has 0 unspecified atom stereocenters. The minimum atomic E-state index is -0.847. The highest BCUT2D eigenvalue weighted by molar-refractivity contribution is 5.81. The van der Waals surface area contributed by atoms with Crippen molar-refractivity contribution in [3.63, 3.8) is 0 Å². The lowest BCUT2D eigenvalue weighted by Crippen LogP contribution is -2.31. The topological polar surface area (TPSA) is 66.4 Å². The van der Waals surface area contributed by atoms with Gasteiger partial charge in [0.1, 0.15) is 29.2 Å². The second kappa shape index (κ2) is 9.19. The van der Waals surface area contributed by atoms with Gasteiger partial charge in [-0.2, -0.15) is 0 Å². The Morgan fingerprint density at radius 3 is 2.18 bits per heavy atom. The monoisotopic (exact) mass is 454 g/mol. The quantitative estimate of drug-likeness (QED) is 0.573. The summed E-state index contributed by atoms with van der Waals surface area (Å²) in [6.45, 7) is 1.71. The van der Waals surface area contributed by atoms with Crippen molar-refractivity contribution in [3.05, 3.63) is 65.0 Å². The minimum Gasteiger partial charge on any atom is -0.496 e. The van der Waals surface area contributed by atoms with Crippen molar-refractivity contribution in [2.45, 2.75) is 25.6 Å². The first-order chi connectivity index (χ1) is 15.9. The van der Waals surface area contributed by atoms with Gasteiger partial charge >= 0.3 is 0 Å². The molecule has 33 heavy (non-hydrogen) atoms. The van der Waals surface area contributed by atoms with E-state index in [9.17, 15) is 9.50 Å². The van der Waals surface area contributed by atoms with Crippen LogP contribution in [0.25, 0.3) is 11.1 Å². The summed E-state index contributed by atoms with van der Waals surface area (Å²) in [6, 6.07) is 12.1. The average molecular weight is 454 g/mol. The van der Waals surface area contributed by atoms with Crippen molar-refractivity contribution in [2.75, 3.05) is 28.4 Å². The fourth-order valence-electron chi connectivity index (χ4n) is 4.18. The molecule has 3 aromatic rings. The van der Waals surface area contributed by atoms with E-state index in [-0.39, 0.29) is 12.2 Å². The van der Waals surface area contributed by atoms with E-state index in [0.717, 1.165) is 0 Å². The van der Waals surface area contributed by atoms with Gasteiger partial charge in [-0.15, -0.1) is 0 Å². The molecule has 0 aliphatic carbocycles. The van der Waals surface area contributed by atoms with Gasteiger partial charge in [0.15, 0.2) is 11.5 Å². The van der Waals surface area contributed by atoms with Gasteiger partial charge in [-0.05, 0) is 41.8 Å². The lowest BCUT2D eigenvalue weighted by Gasteiger charge is -2.34. The summed E-state index contributed by atoms with van der Waals surface area (Å²) in [5.41, 5.74) is 3.16. The third-order valence-electron chi connectivity index (χ3n) is 5.95. The minimum absolute atomic E-state index is 0.281. The van der Waals surface area contributed by atoms with Gasteiger partial charge in [0, 0.05) is 18.1 Å². The Bertz CT molecular complexity index is 1180. The number of aliphatic hydroxyl groups excluding tert-OH is 1. The highest BCUT2D eigenvalue weighted by atomic mass is 19.1. The molecule has 0 fully saturated rings. The molecule has 1 aliphatic heterocycles.